The van der Waals surface area contributed by atoms with E-state index in [4.69, 9.17) is 5.73 Å². The van der Waals surface area contributed by atoms with Crippen LogP contribution < -0.4 is 5.73 Å². The molecule has 0 aliphatic carbocycles. The summed E-state index contributed by atoms with van der Waals surface area (Å²) in [6.07, 6.45) is 3.83. The van der Waals surface area contributed by atoms with Crippen molar-refractivity contribution in [2.24, 2.45) is 10.7 Å². The summed E-state index contributed by atoms with van der Waals surface area (Å²) in [7, 11) is 2.15. The van der Waals surface area contributed by atoms with Crippen molar-refractivity contribution in [1.29, 1.82) is 0 Å². The number of rotatable bonds is 3. The minimum absolute atomic E-state index is 0. The predicted octanol–water partition coefficient (Wildman–Crippen LogP) is 2.06. The van der Waals surface area contributed by atoms with Gasteiger partial charge in [-0.3, -0.25) is 0 Å². The molecule has 6 heteroatoms. The average molecular weight is 307 g/mol. The molecule has 0 radical (unpaired) electrons. The van der Waals surface area contributed by atoms with Crippen molar-refractivity contribution in [1.82, 2.24) is 0 Å². The number of benzene rings is 1. The van der Waals surface area contributed by atoms with E-state index in [9.17, 15) is 0 Å². The number of likely N-dealkylation sites (N-methyl/N-ethyl adjacent to an activating group) is 1. The van der Waals surface area contributed by atoms with E-state index in [2.05, 4.69) is 43.2 Å². The lowest BCUT2D eigenvalue weighted by Gasteiger charge is -2.34. The lowest BCUT2D eigenvalue weighted by Crippen LogP contribution is -2.44. The first-order valence-electron chi connectivity index (χ1n) is 5.53. The maximum absolute atomic E-state index is 5.76. The van der Waals surface area contributed by atoms with Gasteiger partial charge in [-0.2, -0.15) is 0 Å². The van der Waals surface area contributed by atoms with Gasteiger partial charge < -0.3 is 11.2 Å². The number of hydrogen-bond acceptors (Lipinski definition) is 2. The molecule has 0 fully saturated rings. The number of nitrogens with zero attached hydrogens (tertiary/aromatic N) is 2. The monoisotopic (exact) mass is 306 g/mol. The average Bonchev–Trinajstić information content (AvgIpc) is 2.72. The standard InChI is InChI=1S/C13H18N3.2ClH.H2O/c1-11(12-6-4-3-5-7-12)16(2)10-15-9-13(16)8-14;;;/h3-7,9-11H,8,14H2,1-2H3;2*1H;1H2/q+1;;;. The fourth-order valence-corrected chi connectivity index (χ4v) is 2.10. The molecule has 4 nitrogen and oxygen atoms in total. The second kappa shape index (κ2) is 8.30. The van der Waals surface area contributed by atoms with E-state index < -0.39 is 0 Å². The Morgan fingerprint density at radius 1 is 1.21 bits per heavy atom. The molecule has 0 aromatic heterocycles. The number of hydrogen-bond donors (Lipinski definition) is 1. The van der Waals surface area contributed by atoms with Crippen molar-refractivity contribution in [2.45, 2.75) is 13.0 Å². The molecule has 0 saturated heterocycles. The molecule has 0 saturated carbocycles. The Hall–Kier alpha value is -0.910. The summed E-state index contributed by atoms with van der Waals surface area (Å²) in [6, 6.07) is 10.8. The second-order valence-corrected chi connectivity index (χ2v) is 4.32. The zero-order valence-corrected chi connectivity index (χ0v) is 12.7. The van der Waals surface area contributed by atoms with Gasteiger partial charge in [0.1, 0.15) is 11.7 Å². The van der Waals surface area contributed by atoms with Crippen LogP contribution in [0.3, 0.4) is 0 Å². The Kier molecular flexibility index (Phi) is 8.91. The summed E-state index contributed by atoms with van der Waals surface area (Å²) in [5, 5.41) is 0. The Labute approximate surface area is 126 Å². The van der Waals surface area contributed by atoms with E-state index in [0.29, 0.717) is 17.1 Å². The normalized spacial score (nSPS) is 21.5. The lowest BCUT2D eigenvalue weighted by atomic mass is 10.1. The molecule has 1 aromatic carbocycles. The number of aliphatic imine (C=N–C) groups is 1. The van der Waals surface area contributed by atoms with Gasteiger partial charge in [0.05, 0.1) is 19.8 Å². The minimum Gasteiger partial charge on any atom is -0.412 e. The molecular weight excluding hydrogens is 285 g/mol. The van der Waals surface area contributed by atoms with Gasteiger partial charge in [0.25, 0.3) is 0 Å². The van der Waals surface area contributed by atoms with Crippen LogP contribution in [0.5, 0.6) is 0 Å². The molecular formula is C13H22Cl2N3O+. The van der Waals surface area contributed by atoms with Crippen LogP contribution in [0.2, 0.25) is 0 Å². The Balaban J connectivity index is 0. The number of nitrogens with two attached hydrogens (primary N) is 1. The topological polar surface area (TPSA) is 69.9 Å². The van der Waals surface area contributed by atoms with Crippen LogP contribution in [0.15, 0.2) is 47.2 Å². The van der Waals surface area contributed by atoms with Crippen LogP contribution >= 0.6 is 24.8 Å². The summed E-state index contributed by atoms with van der Waals surface area (Å²) in [5.74, 6) is 0. The molecule has 1 aliphatic rings. The lowest BCUT2D eigenvalue weighted by molar-refractivity contribution is -0.804. The molecule has 2 atom stereocenters. The van der Waals surface area contributed by atoms with E-state index in [1.807, 2.05) is 18.6 Å². The van der Waals surface area contributed by atoms with Crippen molar-refractivity contribution in [3.8, 4) is 0 Å². The van der Waals surface area contributed by atoms with E-state index >= 15 is 0 Å². The maximum Gasteiger partial charge on any atom is 0.195 e. The molecule has 4 N–H and O–H groups in total. The van der Waals surface area contributed by atoms with Crippen LogP contribution in [-0.2, 0) is 0 Å². The summed E-state index contributed by atoms with van der Waals surface area (Å²) < 4.78 is 0.681. The molecule has 1 aromatic rings. The molecule has 0 spiro atoms. The maximum atomic E-state index is 5.76. The van der Waals surface area contributed by atoms with Gasteiger partial charge in [-0.25, -0.2) is 9.48 Å². The predicted molar refractivity (Wildman–Crippen MR) is 84.8 cm³/mol. The highest BCUT2D eigenvalue weighted by Crippen LogP contribution is 2.31. The summed E-state index contributed by atoms with van der Waals surface area (Å²) in [5.41, 5.74) is 8.21. The number of halogens is 2. The minimum atomic E-state index is 0. The van der Waals surface area contributed by atoms with Crippen LogP contribution in [-0.4, -0.2) is 29.9 Å². The van der Waals surface area contributed by atoms with E-state index in [0.717, 1.165) is 5.70 Å². The van der Waals surface area contributed by atoms with Crippen molar-refractivity contribution < 1.29 is 9.96 Å². The first-order chi connectivity index (χ1) is 7.68. The molecule has 0 bridgehead atoms. The summed E-state index contributed by atoms with van der Waals surface area (Å²) >= 11 is 0. The largest absolute Gasteiger partial charge is 0.412 e. The van der Waals surface area contributed by atoms with Gasteiger partial charge in [0.15, 0.2) is 6.34 Å². The zero-order valence-electron chi connectivity index (χ0n) is 11.1. The highest BCUT2D eigenvalue weighted by molar-refractivity contribution is 5.85. The molecule has 0 amide bonds. The fraction of sp³-hybridized carbons (Fsp3) is 0.308. The quantitative estimate of drug-likeness (QED) is 0.853. The second-order valence-electron chi connectivity index (χ2n) is 4.32. The third-order valence-electron chi connectivity index (χ3n) is 3.44. The Morgan fingerprint density at radius 2 is 1.79 bits per heavy atom. The first kappa shape index (κ1) is 20.4. The van der Waals surface area contributed by atoms with Crippen molar-refractivity contribution in [3.63, 3.8) is 0 Å². The zero-order chi connectivity index (χ0) is 11.6. The molecule has 1 aliphatic heterocycles. The van der Waals surface area contributed by atoms with E-state index in [1.165, 1.54) is 5.56 Å². The highest BCUT2D eigenvalue weighted by atomic mass is 35.5. The summed E-state index contributed by atoms with van der Waals surface area (Å²) in [4.78, 5) is 4.24. The molecule has 1 heterocycles. The van der Waals surface area contributed by atoms with Crippen molar-refractivity contribution >= 4 is 31.2 Å². The van der Waals surface area contributed by atoms with Crippen molar-refractivity contribution in [3.05, 3.63) is 47.8 Å². The van der Waals surface area contributed by atoms with Gasteiger partial charge in [-0.1, -0.05) is 30.3 Å². The van der Waals surface area contributed by atoms with Crippen molar-refractivity contribution in [2.75, 3.05) is 13.6 Å². The van der Waals surface area contributed by atoms with Gasteiger partial charge >= 0.3 is 0 Å². The smallest absolute Gasteiger partial charge is 0.195 e. The molecule has 19 heavy (non-hydrogen) atoms. The third kappa shape index (κ3) is 3.78. The van der Waals surface area contributed by atoms with E-state index in [-0.39, 0.29) is 30.3 Å². The third-order valence-corrected chi connectivity index (χ3v) is 3.44. The molecule has 2 unspecified atom stereocenters. The van der Waals surface area contributed by atoms with E-state index in [1.54, 1.807) is 0 Å². The van der Waals surface area contributed by atoms with Crippen LogP contribution in [0, 0.1) is 0 Å². The highest BCUT2D eigenvalue weighted by Gasteiger charge is 2.35. The van der Waals surface area contributed by atoms with Crippen LogP contribution in [0.1, 0.15) is 18.5 Å². The van der Waals surface area contributed by atoms with Gasteiger partial charge in [-0.15, -0.1) is 24.8 Å². The van der Waals surface area contributed by atoms with Crippen LogP contribution in [0.4, 0.5) is 0 Å². The molecule has 108 valence electrons. The van der Waals surface area contributed by atoms with Gasteiger partial charge in [0, 0.05) is 5.56 Å². The Morgan fingerprint density at radius 3 is 2.32 bits per heavy atom. The van der Waals surface area contributed by atoms with Crippen LogP contribution in [0.25, 0.3) is 0 Å². The number of quaternary nitrogens is 1. The summed E-state index contributed by atoms with van der Waals surface area (Å²) in [6.45, 7) is 2.75. The fourth-order valence-electron chi connectivity index (χ4n) is 2.10. The Bertz CT molecular complexity index is 437. The first-order valence-corrected chi connectivity index (χ1v) is 5.53. The van der Waals surface area contributed by atoms with Gasteiger partial charge in [0.2, 0.25) is 0 Å². The van der Waals surface area contributed by atoms with Gasteiger partial charge in [-0.05, 0) is 6.92 Å². The molecule has 2 rings (SSSR count). The SMILES string of the molecule is CC(c1ccccc1)[N+]1(C)C=NC=C1CN.Cl.Cl.O.